The third-order valence-corrected chi connectivity index (χ3v) is 4.03. The first kappa shape index (κ1) is 15.6. The van der Waals surface area contributed by atoms with E-state index >= 15 is 0 Å². The van der Waals surface area contributed by atoms with Crippen LogP contribution in [-0.4, -0.2) is 15.7 Å². The standard InChI is InChI=1S/C17H13Cl2N3O/c18-12-8-6-11(7-9-12)16-14(10-15(20)23)17(19)22(21-16)13-4-2-1-3-5-13/h1-9H,10H2,(H2,20,23). The van der Waals surface area contributed by atoms with E-state index in [0.717, 1.165) is 11.3 Å². The number of hydrogen-bond acceptors (Lipinski definition) is 2. The molecule has 0 radical (unpaired) electrons. The van der Waals surface area contributed by atoms with Crippen molar-refractivity contribution in [1.29, 1.82) is 0 Å². The summed E-state index contributed by atoms with van der Waals surface area (Å²) in [7, 11) is 0. The van der Waals surface area contributed by atoms with Gasteiger partial charge in [0.05, 0.1) is 17.8 Å². The molecule has 2 N–H and O–H groups in total. The van der Waals surface area contributed by atoms with Crippen LogP contribution in [0.1, 0.15) is 5.56 Å². The first-order valence-electron chi connectivity index (χ1n) is 6.93. The zero-order valence-electron chi connectivity index (χ0n) is 12.0. The molecule has 1 aromatic heterocycles. The average Bonchev–Trinajstić information content (AvgIpc) is 2.86. The summed E-state index contributed by atoms with van der Waals surface area (Å²) in [5.41, 5.74) is 8.21. The minimum Gasteiger partial charge on any atom is -0.369 e. The highest BCUT2D eigenvalue weighted by atomic mass is 35.5. The minimum atomic E-state index is -0.463. The van der Waals surface area contributed by atoms with E-state index in [1.807, 2.05) is 42.5 Å². The highest BCUT2D eigenvalue weighted by Crippen LogP contribution is 2.31. The summed E-state index contributed by atoms with van der Waals surface area (Å²) in [6.45, 7) is 0. The number of aromatic nitrogens is 2. The van der Waals surface area contributed by atoms with Gasteiger partial charge in [-0.05, 0) is 24.3 Å². The number of carbonyl (C=O) groups is 1. The molecule has 6 heteroatoms. The van der Waals surface area contributed by atoms with Crippen molar-refractivity contribution in [2.24, 2.45) is 5.73 Å². The molecule has 3 aromatic rings. The maximum atomic E-state index is 11.4. The molecular formula is C17H13Cl2N3O. The molecule has 23 heavy (non-hydrogen) atoms. The number of halogens is 2. The van der Waals surface area contributed by atoms with Crippen LogP contribution in [0, 0.1) is 0 Å². The molecule has 1 heterocycles. The van der Waals surface area contributed by atoms with E-state index in [1.165, 1.54) is 0 Å². The Morgan fingerprint density at radius 2 is 1.70 bits per heavy atom. The molecule has 1 amide bonds. The lowest BCUT2D eigenvalue weighted by molar-refractivity contribution is -0.117. The van der Waals surface area contributed by atoms with Crippen LogP contribution < -0.4 is 5.73 Å². The molecule has 116 valence electrons. The van der Waals surface area contributed by atoms with E-state index < -0.39 is 5.91 Å². The van der Waals surface area contributed by atoms with Crippen LogP contribution in [0.4, 0.5) is 0 Å². The van der Waals surface area contributed by atoms with E-state index in [2.05, 4.69) is 5.10 Å². The number of carbonyl (C=O) groups excluding carboxylic acids is 1. The third-order valence-electron chi connectivity index (χ3n) is 3.39. The minimum absolute atomic E-state index is 0.0175. The Labute approximate surface area is 143 Å². The molecule has 0 saturated carbocycles. The van der Waals surface area contributed by atoms with Crippen LogP contribution >= 0.6 is 23.2 Å². The normalized spacial score (nSPS) is 10.7. The van der Waals surface area contributed by atoms with Crippen molar-refractivity contribution in [3.63, 3.8) is 0 Å². The molecule has 0 fully saturated rings. The van der Waals surface area contributed by atoms with Crippen molar-refractivity contribution in [3.8, 4) is 16.9 Å². The second-order valence-corrected chi connectivity index (χ2v) is 5.81. The summed E-state index contributed by atoms with van der Waals surface area (Å²) in [6, 6.07) is 16.7. The third kappa shape index (κ3) is 3.23. The summed E-state index contributed by atoms with van der Waals surface area (Å²) in [6.07, 6.45) is 0.0175. The zero-order valence-corrected chi connectivity index (χ0v) is 13.6. The highest BCUT2D eigenvalue weighted by molar-refractivity contribution is 6.31. The van der Waals surface area contributed by atoms with Crippen molar-refractivity contribution in [2.75, 3.05) is 0 Å². The molecule has 0 spiro atoms. The molecule has 0 saturated heterocycles. The molecule has 0 bridgehead atoms. The van der Waals surface area contributed by atoms with Gasteiger partial charge in [-0.1, -0.05) is 53.5 Å². The van der Waals surface area contributed by atoms with Gasteiger partial charge in [-0.15, -0.1) is 0 Å². The van der Waals surface area contributed by atoms with Gasteiger partial charge in [0.15, 0.2) is 0 Å². The largest absolute Gasteiger partial charge is 0.369 e. The van der Waals surface area contributed by atoms with Crippen LogP contribution in [0.5, 0.6) is 0 Å². The number of para-hydroxylation sites is 1. The summed E-state index contributed by atoms with van der Waals surface area (Å²) in [4.78, 5) is 11.4. The molecular weight excluding hydrogens is 333 g/mol. The molecule has 2 aromatic carbocycles. The number of rotatable bonds is 4. The zero-order chi connectivity index (χ0) is 16.4. The summed E-state index contributed by atoms with van der Waals surface area (Å²) in [5.74, 6) is -0.463. The van der Waals surface area contributed by atoms with Gasteiger partial charge in [-0.3, -0.25) is 4.79 Å². The smallest absolute Gasteiger partial charge is 0.222 e. The van der Waals surface area contributed by atoms with Crippen molar-refractivity contribution in [2.45, 2.75) is 6.42 Å². The van der Waals surface area contributed by atoms with E-state index in [4.69, 9.17) is 28.9 Å². The average molecular weight is 346 g/mol. The predicted octanol–water partition coefficient (Wildman–Crippen LogP) is 3.87. The quantitative estimate of drug-likeness (QED) is 0.779. The fourth-order valence-corrected chi connectivity index (χ4v) is 2.76. The van der Waals surface area contributed by atoms with Gasteiger partial charge in [0.2, 0.25) is 5.91 Å². The van der Waals surface area contributed by atoms with Gasteiger partial charge in [0.25, 0.3) is 0 Å². The van der Waals surface area contributed by atoms with Crippen LogP contribution in [0.15, 0.2) is 54.6 Å². The highest BCUT2D eigenvalue weighted by Gasteiger charge is 2.20. The van der Waals surface area contributed by atoms with E-state index in [9.17, 15) is 4.79 Å². The molecule has 4 nitrogen and oxygen atoms in total. The van der Waals surface area contributed by atoms with Gasteiger partial charge in [0.1, 0.15) is 5.15 Å². The molecule has 0 aliphatic heterocycles. The van der Waals surface area contributed by atoms with Crippen molar-refractivity contribution in [3.05, 3.63) is 70.3 Å². The van der Waals surface area contributed by atoms with E-state index in [-0.39, 0.29) is 6.42 Å². The topological polar surface area (TPSA) is 60.9 Å². The van der Waals surface area contributed by atoms with Crippen molar-refractivity contribution < 1.29 is 4.79 Å². The predicted molar refractivity (Wildman–Crippen MR) is 91.9 cm³/mol. The number of primary amides is 1. The lowest BCUT2D eigenvalue weighted by Crippen LogP contribution is -2.14. The van der Waals surface area contributed by atoms with Crippen LogP contribution in [0.25, 0.3) is 16.9 Å². The summed E-state index contributed by atoms with van der Waals surface area (Å²) >= 11 is 12.4. The second-order valence-electron chi connectivity index (χ2n) is 5.02. The van der Waals surface area contributed by atoms with Crippen LogP contribution in [0.2, 0.25) is 10.2 Å². The van der Waals surface area contributed by atoms with Gasteiger partial charge >= 0.3 is 0 Å². The Balaban J connectivity index is 2.17. The fraction of sp³-hybridized carbons (Fsp3) is 0.0588. The molecule has 3 rings (SSSR count). The van der Waals surface area contributed by atoms with Crippen molar-refractivity contribution >= 4 is 29.1 Å². The van der Waals surface area contributed by atoms with Crippen molar-refractivity contribution in [1.82, 2.24) is 9.78 Å². The number of benzene rings is 2. The lowest BCUT2D eigenvalue weighted by Gasteiger charge is -2.02. The molecule has 0 unspecified atom stereocenters. The first-order valence-corrected chi connectivity index (χ1v) is 7.69. The van der Waals surface area contributed by atoms with E-state index in [1.54, 1.807) is 16.8 Å². The molecule has 0 aliphatic rings. The van der Waals surface area contributed by atoms with Gasteiger partial charge in [-0.25, -0.2) is 4.68 Å². The van der Waals surface area contributed by atoms with Crippen LogP contribution in [-0.2, 0) is 11.2 Å². The molecule has 0 aliphatic carbocycles. The number of nitrogens with zero attached hydrogens (tertiary/aromatic N) is 2. The Morgan fingerprint density at radius 1 is 1.04 bits per heavy atom. The Kier molecular flexibility index (Phi) is 4.37. The maximum absolute atomic E-state index is 11.4. The van der Waals surface area contributed by atoms with E-state index in [0.29, 0.717) is 21.4 Å². The summed E-state index contributed by atoms with van der Waals surface area (Å²) in [5, 5.41) is 5.57. The Morgan fingerprint density at radius 3 is 2.30 bits per heavy atom. The van der Waals surface area contributed by atoms with Crippen LogP contribution in [0.3, 0.4) is 0 Å². The van der Waals surface area contributed by atoms with Gasteiger partial charge < -0.3 is 5.73 Å². The van der Waals surface area contributed by atoms with Gasteiger partial charge in [-0.2, -0.15) is 5.10 Å². The first-order chi connectivity index (χ1) is 11.1. The number of amides is 1. The monoisotopic (exact) mass is 345 g/mol. The Hall–Kier alpha value is -2.30. The maximum Gasteiger partial charge on any atom is 0.222 e. The summed E-state index contributed by atoms with van der Waals surface area (Å²) < 4.78 is 1.60. The molecule has 0 atom stereocenters. The number of hydrogen-bond donors (Lipinski definition) is 1. The SMILES string of the molecule is NC(=O)Cc1c(-c2ccc(Cl)cc2)nn(-c2ccccc2)c1Cl. The fourth-order valence-electron chi connectivity index (χ4n) is 2.34. The Bertz CT molecular complexity index is 842. The van der Waals surface area contributed by atoms with Gasteiger partial charge in [0, 0.05) is 16.1 Å². The lowest BCUT2D eigenvalue weighted by atomic mass is 10.1. The number of nitrogens with two attached hydrogens (primary N) is 1. The second kappa shape index (κ2) is 6.44.